The van der Waals surface area contributed by atoms with E-state index in [1.165, 1.54) is 11.4 Å². The molecule has 192 valence electrons. The molecule has 2 aromatic carbocycles. The molecule has 1 N–H and O–H groups in total. The average molecular weight is 504 g/mol. The van der Waals surface area contributed by atoms with Crippen LogP contribution in [0, 0.1) is 0 Å². The average Bonchev–Trinajstić information content (AvgIpc) is 2.84. The molecule has 0 aliphatic heterocycles. The highest BCUT2D eigenvalue weighted by molar-refractivity contribution is 7.92. The van der Waals surface area contributed by atoms with E-state index in [0.29, 0.717) is 43.8 Å². The van der Waals surface area contributed by atoms with Crippen molar-refractivity contribution in [1.29, 1.82) is 0 Å². The Labute approximate surface area is 209 Å². The van der Waals surface area contributed by atoms with Crippen molar-refractivity contribution in [2.24, 2.45) is 0 Å². The third kappa shape index (κ3) is 8.58. The van der Waals surface area contributed by atoms with E-state index < -0.39 is 16.1 Å². The number of carbonyl (C=O) groups is 2. The zero-order chi connectivity index (χ0) is 25.8. The number of ether oxygens (including phenoxy) is 1. The van der Waals surface area contributed by atoms with E-state index in [1.54, 1.807) is 29.2 Å². The highest BCUT2D eigenvalue weighted by Gasteiger charge is 2.28. The van der Waals surface area contributed by atoms with E-state index in [9.17, 15) is 18.0 Å². The molecule has 9 heteroatoms. The van der Waals surface area contributed by atoms with Gasteiger partial charge in [-0.05, 0) is 43.9 Å². The molecule has 0 heterocycles. The molecule has 1 atom stereocenters. The minimum absolute atomic E-state index is 0.126. The van der Waals surface area contributed by atoms with Crippen LogP contribution < -0.4 is 14.4 Å². The minimum atomic E-state index is -3.56. The summed E-state index contributed by atoms with van der Waals surface area (Å²) in [6.07, 6.45) is 2.70. The molecule has 0 spiro atoms. The van der Waals surface area contributed by atoms with Crippen LogP contribution in [0.25, 0.3) is 0 Å². The van der Waals surface area contributed by atoms with Crippen molar-refractivity contribution in [3.05, 3.63) is 60.2 Å². The zero-order valence-corrected chi connectivity index (χ0v) is 21.9. The highest BCUT2D eigenvalue weighted by atomic mass is 32.2. The lowest BCUT2D eigenvalue weighted by Gasteiger charge is -2.31. The summed E-state index contributed by atoms with van der Waals surface area (Å²) in [5.41, 5.74) is 1.56. The van der Waals surface area contributed by atoms with Gasteiger partial charge in [0.25, 0.3) is 0 Å². The standard InChI is InChI=1S/C26H37N3O5S/c1-5-24(26(31)27-6-2)28(19-17-21-12-8-7-9-13-21)25(30)16-11-18-29(35(4,32)33)22-14-10-15-23(20-22)34-3/h7-10,12-15,20,24H,5-6,11,16-19H2,1-4H3,(H,27,31). The number of methoxy groups -OCH3 is 1. The van der Waals surface area contributed by atoms with Crippen LogP contribution in [0.3, 0.4) is 0 Å². The van der Waals surface area contributed by atoms with E-state index >= 15 is 0 Å². The SMILES string of the molecule is CCNC(=O)C(CC)N(CCc1ccccc1)C(=O)CCCN(c1cccc(OC)c1)S(C)(=O)=O. The van der Waals surface area contributed by atoms with Crippen LogP contribution >= 0.6 is 0 Å². The minimum Gasteiger partial charge on any atom is -0.497 e. The number of rotatable bonds is 14. The predicted molar refractivity (Wildman–Crippen MR) is 139 cm³/mol. The van der Waals surface area contributed by atoms with Crippen LogP contribution in [-0.4, -0.2) is 64.2 Å². The van der Waals surface area contributed by atoms with E-state index in [-0.39, 0.29) is 24.8 Å². The largest absolute Gasteiger partial charge is 0.497 e. The Morgan fingerprint density at radius 2 is 1.74 bits per heavy atom. The number of amides is 2. The van der Waals surface area contributed by atoms with Crippen LogP contribution in [0.1, 0.15) is 38.7 Å². The van der Waals surface area contributed by atoms with Gasteiger partial charge >= 0.3 is 0 Å². The van der Waals surface area contributed by atoms with Crippen molar-refractivity contribution >= 4 is 27.5 Å². The Bertz CT molecular complexity index is 1060. The van der Waals surface area contributed by atoms with Gasteiger partial charge in [-0.15, -0.1) is 0 Å². The number of nitrogens with one attached hydrogen (secondary N) is 1. The predicted octanol–water partition coefficient (Wildman–Crippen LogP) is 3.23. The van der Waals surface area contributed by atoms with Gasteiger partial charge in [-0.2, -0.15) is 0 Å². The first-order valence-electron chi connectivity index (χ1n) is 11.9. The first-order valence-corrected chi connectivity index (χ1v) is 13.8. The normalized spacial score (nSPS) is 12.0. The number of benzene rings is 2. The third-order valence-corrected chi connectivity index (χ3v) is 6.91. The molecule has 2 aromatic rings. The topological polar surface area (TPSA) is 96.0 Å². The molecule has 0 aromatic heterocycles. The van der Waals surface area contributed by atoms with Crippen LogP contribution in [-0.2, 0) is 26.0 Å². The summed E-state index contributed by atoms with van der Waals surface area (Å²) in [6, 6.07) is 16.0. The summed E-state index contributed by atoms with van der Waals surface area (Å²) < 4.78 is 31.4. The van der Waals surface area contributed by atoms with Crippen molar-refractivity contribution in [2.75, 3.05) is 37.3 Å². The molecule has 2 rings (SSSR count). The van der Waals surface area contributed by atoms with Crippen LogP contribution in [0.4, 0.5) is 5.69 Å². The summed E-state index contributed by atoms with van der Waals surface area (Å²) in [5, 5.41) is 2.82. The van der Waals surface area contributed by atoms with E-state index in [0.717, 1.165) is 11.8 Å². The van der Waals surface area contributed by atoms with Crippen LogP contribution in [0.5, 0.6) is 5.75 Å². The van der Waals surface area contributed by atoms with Crippen molar-refractivity contribution < 1.29 is 22.7 Å². The zero-order valence-electron chi connectivity index (χ0n) is 21.1. The lowest BCUT2D eigenvalue weighted by atomic mass is 10.1. The van der Waals surface area contributed by atoms with Gasteiger partial charge < -0.3 is 15.0 Å². The molecule has 0 bridgehead atoms. The third-order valence-electron chi connectivity index (χ3n) is 5.71. The molecule has 0 saturated heterocycles. The van der Waals surface area contributed by atoms with Gasteiger partial charge in [0, 0.05) is 32.1 Å². The van der Waals surface area contributed by atoms with Gasteiger partial charge in [-0.3, -0.25) is 13.9 Å². The van der Waals surface area contributed by atoms with Crippen molar-refractivity contribution in [3.8, 4) is 5.75 Å². The van der Waals surface area contributed by atoms with E-state index in [1.807, 2.05) is 44.2 Å². The Morgan fingerprint density at radius 3 is 2.34 bits per heavy atom. The fourth-order valence-corrected chi connectivity index (χ4v) is 4.91. The Kier molecular flexibility index (Phi) is 11.0. The van der Waals surface area contributed by atoms with Crippen LogP contribution in [0.15, 0.2) is 54.6 Å². The summed E-state index contributed by atoms with van der Waals surface area (Å²) in [7, 11) is -2.04. The first kappa shape index (κ1) is 28.2. The quantitative estimate of drug-likeness (QED) is 0.427. The number of sulfonamides is 1. The lowest BCUT2D eigenvalue weighted by Crippen LogP contribution is -2.50. The second kappa shape index (κ2) is 13.7. The van der Waals surface area contributed by atoms with Gasteiger partial charge in [-0.1, -0.05) is 43.3 Å². The number of anilines is 1. The van der Waals surface area contributed by atoms with Crippen molar-refractivity contribution in [2.45, 2.75) is 45.6 Å². The number of hydrogen-bond acceptors (Lipinski definition) is 5. The van der Waals surface area contributed by atoms with Gasteiger partial charge in [0.1, 0.15) is 11.8 Å². The van der Waals surface area contributed by atoms with Crippen molar-refractivity contribution in [3.63, 3.8) is 0 Å². The second-order valence-electron chi connectivity index (χ2n) is 8.28. The van der Waals surface area contributed by atoms with Gasteiger partial charge in [-0.25, -0.2) is 8.42 Å². The Hall–Kier alpha value is -3.07. The molecule has 35 heavy (non-hydrogen) atoms. The molecule has 1 unspecified atom stereocenters. The lowest BCUT2D eigenvalue weighted by molar-refractivity contribution is -0.140. The Morgan fingerprint density at radius 1 is 1.03 bits per heavy atom. The van der Waals surface area contributed by atoms with Crippen molar-refractivity contribution in [1.82, 2.24) is 10.2 Å². The second-order valence-corrected chi connectivity index (χ2v) is 10.2. The number of hydrogen-bond donors (Lipinski definition) is 1. The number of carbonyl (C=O) groups excluding carboxylic acids is 2. The fourth-order valence-electron chi connectivity index (χ4n) is 3.96. The summed E-state index contributed by atoms with van der Waals surface area (Å²) >= 11 is 0. The molecule has 0 aliphatic rings. The molecule has 0 aliphatic carbocycles. The summed E-state index contributed by atoms with van der Waals surface area (Å²) in [5.74, 6) is 0.204. The smallest absolute Gasteiger partial charge is 0.242 e. The van der Waals surface area contributed by atoms with Gasteiger partial charge in [0.15, 0.2) is 0 Å². The van der Waals surface area contributed by atoms with Crippen LogP contribution in [0.2, 0.25) is 0 Å². The maximum Gasteiger partial charge on any atom is 0.242 e. The van der Waals surface area contributed by atoms with E-state index in [4.69, 9.17) is 4.74 Å². The molecule has 0 saturated carbocycles. The molecule has 8 nitrogen and oxygen atoms in total. The Balaban J connectivity index is 2.14. The molecule has 0 radical (unpaired) electrons. The van der Waals surface area contributed by atoms with E-state index in [2.05, 4.69) is 5.32 Å². The highest BCUT2D eigenvalue weighted by Crippen LogP contribution is 2.23. The number of nitrogens with zero attached hydrogens (tertiary/aromatic N) is 2. The summed E-state index contributed by atoms with van der Waals surface area (Å²) in [6.45, 7) is 4.77. The maximum atomic E-state index is 13.3. The first-order chi connectivity index (χ1) is 16.7. The molecular weight excluding hydrogens is 466 g/mol. The fraction of sp³-hybridized carbons (Fsp3) is 0.462. The van der Waals surface area contributed by atoms with Gasteiger partial charge in [0.2, 0.25) is 21.8 Å². The number of likely N-dealkylation sites (N-methyl/N-ethyl adjacent to an activating group) is 1. The molecule has 2 amide bonds. The monoisotopic (exact) mass is 503 g/mol. The summed E-state index contributed by atoms with van der Waals surface area (Å²) in [4.78, 5) is 27.6. The molecule has 0 fully saturated rings. The molecular formula is C26H37N3O5S. The van der Waals surface area contributed by atoms with Gasteiger partial charge in [0.05, 0.1) is 19.1 Å². The maximum absolute atomic E-state index is 13.3.